The molecule has 0 unspecified atom stereocenters. The van der Waals surface area contributed by atoms with Gasteiger partial charge in [-0.1, -0.05) is 5.21 Å². The van der Waals surface area contributed by atoms with Crippen molar-refractivity contribution in [1.29, 1.82) is 0 Å². The van der Waals surface area contributed by atoms with Gasteiger partial charge in [-0.05, 0) is 13.8 Å². The Labute approximate surface area is 114 Å². The summed E-state index contributed by atoms with van der Waals surface area (Å²) in [6.07, 6.45) is 1.68. The van der Waals surface area contributed by atoms with Gasteiger partial charge < -0.3 is 10.4 Å². The fourth-order valence-electron chi connectivity index (χ4n) is 1.41. The second-order valence-electron chi connectivity index (χ2n) is 4.69. The highest BCUT2D eigenvalue weighted by molar-refractivity contribution is 7.13. The molecule has 2 aromatic rings. The SMILES string of the molecule is CC(=O)Nc1nc(Cn2cc(C(C)(C)O)nn2)cs1. The van der Waals surface area contributed by atoms with E-state index in [1.54, 1.807) is 24.7 Å². The number of hydrogen-bond donors (Lipinski definition) is 2. The van der Waals surface area contributed by atoms with Crippen molar-refractivity contribution in [2.75, 3.05) is 5.32 Å². The van der Waals surface area contributed by atoms with E-state index in [0.717, 1.165) is 5.69 Å². The Morgan fingerprint density at radius 2 is 2.32 bits per heavy atom. The number of carbonyl (C=O) groups is 1. The lowest BCUT2D eigenvalue weighted by Crippen LogP contribution is -2.15. The average Bonchev–Trinajstić information content (AvgIpc) is 2.86. The van der Waals surface area contributed by atoms with E-state index in [9.17, 15) is 9.90 Å². The van der Waals surface area contributed by atoms with Gasteiger partial charge >= 0.3 is 0 Å². The van der Waals surface area contributed by atoms with E-state index >= 15 is 0 Å². The zero-order chi connectivity index (χ0) is 14.0. The monoisotopic (exact) mass is 281 g/mol. The molecule has 19 heavy (non-hydrogen) atoms. The van der Waals surface area contributed by atoms with Gasteiger partial charge in [-0.15, -0.1) is 16.4 Å². The smallest absolute Gasteiger partial charge is 0.223 e. The summed E-state index contributed by atoms with van der Waals surface area (Å²) in [6, 6.07) is 0. The van der Waals surface area contributed by atoms with E-state index in [4.69, 9.17) is 0 Å². The predicted octanol–water partition coefficient (Wildman–Crippen LogP) is 0.969. The van der Waals surface area contributed by atoms with Crippen LogP contribution in [-0.4, -0.2) is 31.0 Å². The van der Waals surface area contributed by atoms with Crippen LogP contribution in [0.4, 0.5) is 5.13 Å². The van der Waals surface area contributed by atoms with E-state index in [2.05, 4.69) is 20.6 Å². The third-order valence-corrected chi connectivity index (χ3v) is 3.13. The molecule has 0 spiro atoms. The van der Waals surface area contributed by atoms with Crippen LogP contribution < -0.4 is 5.32 Å². The van der Waals surface area contributed by atoms with E-state index in [1.807, 2.05) is 5.38 Å². The van der Waals surface area contributed by atoms with Crippen LogP contribution in [0.25, 0.3) is 0 Å². The van der Waals surface area contributed by atoms with Gasteiger partial charge in [-0.25, -0.2) is 9.67 Å². The molecule has 102 valence electrons. The van der Waals surface area contributed by atoms with E-state index in [1.165, 1.54) is 18.3 Å². The summed E-state index contributed by atoms with van der Waals surface area (Å²) in [5.74, 6) is -0.147. The highest BCUT2D eigenvalue weighted by Crippen LogP contribution is 2.18. The lowest BCUT2D eigenvalue weighted by Gasteiger charge is -2.11. The zero-order valence-corrected chi connectivity index (χ0v) is 11.7. The first kappa shape index (κ1) is 13.6. The molecule has 0 saturated carbocycles. The number of nitrogens with one attached hydrogen (secondary N) is 1. The average molecular weight is 281 g/mol. The van der Waals surface area contributed by atoms with Crippen molar-refractivity contribution in [3.8, 4) is 0 Å². The molecule has 0 aliphatic rings. The number of anilines is 1. The van der Waals surface area contributed by atoms with Gasteiger partial charge in [-0.3, -0.25) is 4.79 Å². The van der Waals surface area contributed by atoms with Crippen molar-refractivity contribution in [2.24, 2.45) is 0 Å². The summed E-state index contributed by atoms with van der Waals surface area (Å²) < 4.78 is 1.60. The van der Waals surface area contributed by atoms with Gasteiger partial charge in [0.25, 0.3) is 0 Å². The molecule has 2 rings (SSSR count). The molecule has 0 atom stereocenters. The number of nitrogens with zero attached hydrogens (tertiary/aromatic N) is 4. The van der Waals surface area contributed by atoms with Crippen LogP contribution in [0.5, 0.6) is 0 Å². The van der Waals surface area contributed by atoms with Crippen LogP contribution in [0.15, 0.2) is 11.6 Å². The van der Waals surface area contributed by atoms with Gasteiger partial charge in [0.2, 0.25) is 5.91 Å². The number of amides is 1. The largest absolute Gasteiger partial charge is 0.384 e. The summed E-state index contributed by atoms with van der Waals surface area (Å²) in [5.41, 5.74) is 0.271. The quantitative estimate of drug-likeness (QED) is 0.871. The molecule has 2 N–H and O–H groups in total. The molecule has 0 bridgehead atoms. The zero-order valence-electron chi connectivity index (χ0n) is 10.9. The Hall–Kier alpha value is -1.80. The Morgan fingerprint density at radius 1 is 1.58 bits per heavy atom. The van der Waals surface area contributed by atoms with Crippen molar-refractivity contribution in [2.45, 2.75) is 32.9 Å². The van der Waals surface area contributed by atoms with Crippen molar-refractivity contribution < 1.29 is 9.90 Å². The van der Waals surface area contributed by atoms with Gasteiger partial charge in [0.15, 0.2) is 5.13 Å². The van der Waals surface area contributed by atoms with Gasteiger partial charge in [0, 0.05) is 12.3 Å². The molecular weight excluding hydrogens is 266 g/mol. The minimum Gasteiger partial charge on any atom is -0.384 e. The predicted molar refractivity (Wildman–Crippen MR) is 70.8 cm³/mol. The maximum absolute atomic E-state index is 10.9. The molecule has 1 amide bonds. The molecule has 7 nitrogen and oxygen atoms in total. The van der Waals surface area contributed by atoms with Gasteiger partial charge in [-0.2, -0.15) is 0 Å². The molecule has 0 aliphatic heterocycles. The standard InChI is InChI=1S/C11H15N5O2S/c1-7(17)12-10-13-8(6-19-10)4-16-5-9(14-15-16)11(2,3)18/h5-6,18H,4H2,1-3H3,(H,12,13,17). The van der Waals surface area contributed by atoms with Crippen LogP contribution in [0.1, 0.15) is 32.2 Å². The maximum atomic E-state index is 10.9. The topological polar surface area (TPSA) is 92.9 Å². The normalized spacial score (nSPS) is 11.6. The first-order valence-corrected chi connectivity index (χ1v) is 6.57. The molecular formula is C11H15N5O2S. The first-order valence-electron chi connectivity index (χ1n) is 5.69. The Bertz CT molecular complexity index is 584. The van der Waals surface area contributed by atoms with Crippen molar-refractivity contribution in [1.82, 2.24) is 20.0 Å². The fraction of sp³-hybridized carbons (Fsp3) is 0.455. The van der Waals surface area contributed by atoms with E-state index < -0.39 is 5.60 Å². The fourth-order valence-corrected chi connectivity index (χ4v) is 2.16. The number of hydrogen-bond acceptors (Lipinski definition) is 6. The van der Waals surface area contributed by atoms with Gasteiger partial charge in [0.1, 0.15) is 11.3 Å². The maximum Gasteiger partial charge on any atom is 0.223 e. The third kappa shape index (κ3) is 3.58. The Balaban J connectivity index is 2.07. The number of thiazole rings is 1. The van der Waals surface area contributed by atoms with Crippen LogP contribution in [0, 0.1) is 0 Å². The number of rotatable bonds is 4. The minimum atomic E-state index is -1.01. The lowest BCUT2D eigenvalue weighted by molar-refractivity contribution is -0.114. The molecule has 0 radical (unpaired) electrons. The first-order chi connectivity index (χ1) is 8.84. The number of aromatic nitrogens is 4. The number of carbonyl (C=O) groups excluding carboxylic acids is 1. The highest BCUT2D eigenvalue weighted by Gasteiger charge is 2.20. The summed E-state index contributed by atoms with van der Waals surface area (Å²) in [4.78, 5) is 15.1. The highest BCUT2D eigenvalue weighted by atomic mass is 32.1. The van der Waals surface area contributed by atoms with Crippen LogP contribution in [0.2, 0.25) is 0 Å². The molecule has 0 saturated heterocycles. The lowest BCUT2D eigenvalue weighted by atomic mass is 10.1. The van der Waals surface area contributed by atoms with Crippen LogP contribution >= 0.6 is 11.3 Å². The number of aliphatic hydroxyl groups is 1. The molecule has 2 heterocycles. The van der Waals surface area contributed by atoms with Crippen molar-refractivity contribution >= 4 is 22.4 Å². The summed E-state index contributed by atoms with van der Waals surface area (Å²) in [6.45, 7) is 5.19. The van der Waals surface area contributed by atoms with Crippen LogP contribution in [-0.2, 0) is 16.9 Å². The Kier molecular flexibility index (Phi) is 3.63. The molecule has 2 aromatic heterocycles. The second-order valence-corrected chi connectivity index (χ2v) is 5.54. The Morgan fingerprint density at radius 3 is 2.89 bits per heavy atom. The summed E-state index contributed by atoms with van der Waals surface area (Å²) in [5, 5.41) is 22.7. The van der Waals surface area contributed by atoms with Crippen molar-refractivity contribution in [3.05, 3.63) is 23.0 Å². The minimum absolute atomic E-state index is 0.147. The van der Waals surface area contributed by atoms with Crippen molar-refractivity contribution in [3.63, 3.8) is 0 Å². The van der Waals surface area contributed by atoms with E-state index in [0.29, 0.717) is 17.4 Å². The summed E-state index contributed by atoms with van der Waals surface area (Å²) >= 11 is 1.36. The third-order valence-electron chi connectivity index (χ3n) is 2.32. The molecule has 0 fully saturated rings. The second kappa shape index (κ2) is 5.06. The van der Waals surface area contributed by atoms with E-state index in [-0.39, 0.29) is 5.91 Å². The van der Waals surface area contributed by atoms with Crippen LogP contribution in [0.3, 0.4) is 0 Å². The van der Waals surface area contributed by atoms with Gasteiger partial charge in [0.05, 0.1) is 18.4 Å². The molecule has 0 aliphatic carbocycles. The summed E-state index contributed by atoms with van der Waals surface area (Å²) in [7, 11) is 0. The molecule has 8 heteroatoms. The molecule has 0 aromatic carbocycles.